The van der Waals surface area contributed by atoms with E-state index in [0.717, 1.165) is 16.1 Å². The summed E-state index contributed by atoms with van der Waals surface area (Å²) in [7, 11) is 0. The van der Waals surface area contributed by atoms with Gasteiger partial charge >= 0.3 is 0 Å². The Bertz CT molecular complexity index is 502. The third-order valence-corrected chi connectivity index (χ3v) is 3.41. The van der Waals surface area contributed by atoms with E-state index in [4.69, 9.17) is 11.6 Å². The normalized spacial score (nSPS) is 13.3. The molecule has 0 aliphatic carbocycles. The lowest BCUT2D eigenvalue weighted by molar-refractivity contribution is -0.00000527. The average molecular weight is 311 g/mol. The highest BCUT2D eigenvalue weighted by molar-refractivity contribution is 6.30. The molecule has 0 saturated heterocycles. The van der Waals surface area contributed by atoms with Gasteiger partial charge in [-0.2, -0.15) is 0 Å². The van der Waals surface area contributed by atoms with Gasteiger partial charge in [0.1, 0.15) is 0 Å². The van der Waals surface area contributed by atoms with Gasteiger partial charge in [-0.05, 0) is 30.2 Å². The van der Waals surface area contributed by atoms with Crippen LogP contribution in [-0.4, -0.2) is 11.1 Å². The number of hydrogen-bond acceptors (Lipinski definition) is 2. The molecule has 108 valence electrons. The van der Waals surface area contributed by atoms with Crippen molar-refractivity contribution in [3.8, 4) is 0 Å². The van der Waals surface area contributed by atoms with Gasteiger partial charge < -0.3 is 22.8 Å². The highest BCUT2D eigenvalue weighted by Gasteiger charge is 2.15. The fraction of sp³-hybridized carbons (Fsp3) is 0.250. The van der Waals surface area contributed by atoms with E-state index in [1.54, 1.807) is 0 Å². The minimum Gasteiger partial charge on any atom is -1.00 e. The second kappa shape index (κ2) is 8.28. The van der Waals surface area contributed by atoms with Gasteiger partial charge in [0.05, 0.1) is 6.10 Å². The standard InChI is InChI=1S/C16H18ClNO.ClH/c1-12(16(19)14-5-3-2-4-6-14)18-11-13-7-9-15(17)10-8-13;/h2-10,12,16,18-19H,11H2,1H3;1H/p-1. The van der Waals surface area contributed by atoms with Gasteiger partial charge in [-0.15, -0.1) is 0 Å². The molecule has 20 heavy (non-hydrogen) atoms. The molecule has 0 spiro atoms. The van der Waals surface area contributed by atoms with Crippen molar-refractivity contribution in [1.82, 2.24) is 5.32 Å². The summed E-state index contributed by atoms with van der Waals surface area (Å²) in [6.45, 7) is 2.69. The highest BCUT2D eigenvalue weighted by Crippen LogP contribution is 2.16. The van der Waals surface area contributed by atoms with Crippen molar-refractivity contribution in [2.75, 3.05) is 0 Å². The third-order valence-electron chi connectivity index (χ3n) is 3.16. The van der Waals surface area contributed by atoms with Crippen LogP contribution in [0.5, 0.6) is 0 Å². The number of aliphatic hydroxyl groups excluding tert-OH is 1. The van der Waals surface area contributed by atoms with Crippen LogP contribution in [0.2, 0.25) is 5.02 Å². The number of benzene rings is 2. The Labute approximate surface area is 131 Å². The lowest BCUT2D eigenvalue weighted by atomic mass is 10.0. The number of halogens is 2. The Kier molecular flexibility index (Phi) is 7.03. The summed E-state index contributed by atoms with van der Waals surface area (Å²) in [6.07, 6.45) is -0.506. The molecule has 0 aliphatic rings. The molecule has 2 aromatic rings. The quantitative estimate of drug-likeness (QED) is 0.845. The van der Waals surface area contributed by atoms with Crippen LogP contribution in [0.4, 0.5) is 0 Å². The molecule has 0 aromatic heterocycles. The van der Waals surface area contributed by atoms with E-state index in [-0.39, 0.29) is 18.4 Å². The Hall–Kier alpha value is -1.06. The zero-order chi connectivity index (χ0) is 13.7. The van der Waals surface area contributed by atoms with E-state index in [0.29, 0.717) is 6.54 Å². The summed E-state index contributed by atoms with van der Waals surface area (Å²) in [5, 5.41) is 14.3. The molecule has 2 atom stereocenters. The van der Waals surface area contributed by atoms with E-state index >= 15 is 0 Å². The largest absolute Gasteiger partial charge is 1.00 e. The molecule has 0 aliphatic heterocycles. The molecule has 2 N–H and O–H groups in total. The number of hydrogen-bond donors (Lipinski definition) is 2. The molecule has 0 radical (unpaired) electrons. The van der Waals surface area contributed by atoms with E-state index in [1.807, 2.05) is 61.5 Å². The van der Waals surface area contributed by atoms with Crippen LogP contribution >= 0.6 is 11.6 Å². The van der Waals surface area contributed by atoms with Crippen LogP contribution in [0, 0.1) is 0 Å². The number of aliphatic hydroxyl groups is 1. The van der Waals surface area contributed by atoms with Gasteiger partial charge in [0, 0.05) is 17.6 Å². The van der Waals surface area contributed by atoms with E-state index < -0.39 is 6.10 Å². The van der Waals surface area contributed by atoms with Crippen molar-refractivity contribution in [2.24, 2.45) is 0 Å². The lowest BCUT2D eigenvalue weighted by Gasteiger charge is -2.20. The van der Waals surface area contributed by atoms with Gasteiger partial charge in [0.2, 0.25) is 0 Å². The summed E-state index contributed by atoms with van der Waals surface area (Å²) >= 11 is 5.84. The van der Waals surface area contributed by atoms with Gasteiger partial charge in [0.15, 0.2) is 0 Å². The minimum absolute atomic E-state index is 0. The smallest absolute Gasteiger partial charge is 0.0940 e. The van der Waals surface area contributed by atoms with Gasteiger partial charge in [0.25, 0.3) is 0 Å². The fourth-order valence-electron chi connectivity index (χ4n) is 1.93. The average Bonchev–Trinajstić information content (AvgIpc) is 2.46. The van der Waals surface area contributed by atoms with Crippen molar-refractivity contribution in [2.45, 2.75) is 25.6 Å². The highest BCUT2D eigenvalue weighted by atomic mass is 35.5. The molecule has 4 heteroatoms. The maximum atomic E-state index is 10.2. The van der Waals surface area contributed by atoms with Crippen molar-refractivity contribution in [3.05, 3.63) is 70.7 Å². The maximum absolute atomic E-state index is 10.2. The molecule has 2 aromatic carbocycles. The van der Waals surface area contributed by atoms with Gasteiger partial charge in [-0.1, -0.05) is 54.1 Å². The first-order chi connectivity index (χ1) is 9.16. The third kappa shape index (κ3) is 4.80. The SMILES string of the molecule is CC(NCc1ccc(Cl)cc1)C(O)c1ccccc1.[Cl-]. The van der Waals surface area contributed by atoms with E-state index in [9.17, 15) is 5.11 Å². The summed E-state index contributed by atoms with van der Waals surface area (Å²) in [6, 6.07) is 17.4. The second-order valence-electron chi connectivity index (χ2n) is 4.65. The predicted molar refractivity (Wildman–Crippen MR) is 79.2 cm³/mol. The van der Waals surface area contributed by atoms with Crippen LogP contribution in [0.3, 0.4) is 0 Å². The molecule has 0 bridgehead atoms. The summed E-state index contributed by atoms with van der Waals surface area (Å²) in [4.78, 5) is 0. The fourth-order valence-corrected chi connectivity index (χ4v) is 2.06. The topological polar surface area (TPSA) is 32.3 Å². The molecule has 0 heterocycles. The number of nitrogens with one attached hydrogen (secondary N) is 1. The molecule has 2 unspecified atom stereocenters. The van der Waals surface area contributed by atoms with Crippen LogP contribution in [0.1, 0.15) is 24.2 Å². The molecule has 0 saturated carbocycles. The Morgan fingerprint density at radius 3 is 2.25 bits per heavy atom. The second-order valence-corrected chi connectivity index (χ2v) is 5.09. The van der Waals surface area contributed by atoms with Crippen molar-refractivity contribution in [1.29, 1.82) is 0 Å². The molecule has 0 amide bonds. The molecule has 2 rings (SSSR count). The summed E-state index contributed by atoms with van der Waals surface area (Å²) in [5.41, 5.74) is 2.08. The summed E-state index contributed by atoms with van der Waals surface area (Å²) in [5.74, 6) is 0. The first-order valence-corrected chi connectivity index (χ1v) is 6.75. The maximum Gasteiger partial charge on any atom is 0.0940 e. The Balaban J connectivity index is 0.00000200. The molecular weight excluding hydrogens is 293 g/mol. The molecule has 2 nitrogen and oxygen atoms in total. The van der Waals surface area contributed by atoms with E-state index in [1.165, 1.54) is 0 Å². The lowest BCUT2D eigenvalue weighted by Crippen LogP contribution is -3.00. The van der Waals surface area contributed by atoms with Gasteiger partial charge in [-0.3, -0.25) is 0 Å². The zero-order valence-electron chi connectivity index (χ0n) is 11.3. The zero-order valence-corrected chi connectivity index (χ0v) is 12.8. The van der Waals surface area contributed by atoms with E-state index in [2.05, 4.69) is 5.32 Å². The van der Waals surface area contributed by atoms with Crippen LogP contribution in [0.15, 0.2) is 54.6 Å². The number of rotatable bonds is 5. The van der Waals surface area contributed by atoms with Gasteiger partial charge in [-0.25, -0.2) is 0 Å². The first-order valence-electron chi connectivity index (χ1n) is 6.37. The molecule has 0 fully saturated rings. The minimum atomic E-state index is -0.506. The first kappa shape index (κ1) is 17.0. The predicted octanol–water partition coefficient (Wildman–Crippen LogP) is 0.556. The molecular formula is C16H18Cl2NO-. The van der Waals surface area contributed by atoms with Crippen LogP contribution < -0.4 is 17.7 Å². The summed E-state index contributed by atoms with van der Waals surface area (Å²) < 4.78 is 0. The van der Waals surface area contributed by atoms with Crippen molar-refractivity contribution < 1.29 is 17.5 Å². The van der Waals surface area contributed by atoms with Crippen molar-refractivity contribution in [3.63, 3.8) is 0 Å². The Morgan fingerprint density at radius 2 is 1.65 bits per heavy atom. The van der Waals surface area contributed by atoms with Crippen LogP contribution in [-0.2, 0) is 6.54 Å². The Morgan fingerprint density at radius 1 is 1.05 bits per heavy atom. The van der Waals surface area contributed by atoms with Crippen LogP contribution in [0.25, 0.3) is 0 Å². The van der Waals surface area contributed by atoms with Crippen molar-refractivity contribution >= 4 is 11.6 Å². The monoisotopic (exact) mass is 310 g/mol.